The molecule has 0 heterocycles. The summed E-state index contributed by atoms with van der Waals surface area (Å²) >= 11 is 0. The van der Waals surface area contributed by atoms with E-state index in [9.17, 15) is 0 Å². The SMILES string of the molecule is CCC(C)(CNC(C)(C)C)Cc1ccc(C)c(C)c1. The molecule has 19 heavy (non-hydrogen) atoms. The molecule has 0 aromatic heterocycles. The van der Waals surface area contributed by atoms with Gasteiger partial charge in [-0.3, -0.25) is 0 Å². The van der Waals surface area contributed by atoms with Crippen molar-refractivity contribution < 1.29 is 0 Å². The zero-order valence-corrected chi connectivity index (χ0v) is 13.9. The number of rotatable bonds is 5. The number of hydrogen-bond acceptors (Lipinski definition) is 1. The van der Waals surface area contributed by atoms with Crippen LogP contribution >= 0.6 is 0 Å². The summed E-state index contributed by atoms with van der Waals surface area (Å²) in [5.74, 6) is 0. The smallest absolute Gasteiger partial charge is 0.00967 e. The molecule has 0 aliphatic heterocycles. The van der Waals surface area contributed by atoms with Crippen molar-refractivity contribution in [2.24, 2.45) is 5.41 Å². The average molecular weight is 261 g/mol. The second kappa shape index (κ2) is 6.09. The van der Waals surface area contributed by atoms with E-state index in [0.29, 0.717) is 5.41 Å². The lowest BCUT2D eigenvalue weighted by Gasteiger charge is -2.33. The van der Waals surface area contributed by atoms with Crippen molar-refractivity contribution >= 4 is 0 Å². The predicted molar refractivity (Wildman–Crippen MR) is 85.8 cm³/mol. The van der Waals surface area contributed by atoms with E-state index < -0.39 is 0 Å². The number of hydrogen-bond donors (Lipinski definition) is 1. The molecule has 0 aliphatic carbocycles. The molecule has 1 unspecified atom stereocenters. The molecule has 0 spiro atoms. The highest BCUT2D eigenvalue weighted by atomic mass is 15.0. The van der Waals surface area contributed by atoms with Crippen LogP contribution in [0.5, 0.6) is 0 Å². The molecule has 0 amide bonds. The van der Waals surface area contributed by atoms with E-state index in [4.69, 9.17) is 0 Å². The van der Waals surface area contributed by atoms with Gasteiger partial charge < -0.3 is 5.32 Å². The second-order valence-electron chi connectivity index (χ2n) is 7.36. The van der Waals surface area contributed by atoms with Gasteiger partial charge in [-0.15, -0.1) is 0 Å². The first-order valence-corrected chi connectivity index (χ1v) is 7.46. The zero-order chi connectivity index (χ0) is 14.7. The van der Waals surface area contributed by atoms with Crippen LogP contribution in [0, 0.1) is 19.3 Å². The maximum atomic E-state index is 3.66. The fraction of sp³-hybridized carbons (Fsp3) is 0.667. The van der Waals surface area contributed by atoms with Gasteiger partial charge in [0.2, 0.25) is 0 Å². The highest BCUT2D eigenvalue weighted by Gasteiger charge is 2.24. The van der Waals surface area contributed by atoms with Crippen molar-refractivity contribution in [3.8, 4) is 0 Å². The highest BCUT2D eigenvalue weighted by Crippen LogP contribution is 2.27. The topological polar surface area (TPSA) is 12.0 Å². The molecule has 1 heteroatoms. The van der Waals surface area contributed by atoms with Gasteiger partial charge in [-0.1, -0.05) is 32.0 Å². The fourth-order valence-corrected chi connectivity index (χ4v) is 2.20. The molecule has 0 bridgehead atoms. The van der Waals surface area contributed by atoms with Crippen molar-refractivity contribution in [1.29, 1.82) is 0 Å². The Labute approximate surface area is 119 Å². The largest absolute Gasteiger partial charge is 0.312 e. The molecule has 1 aromatic carbocycles. The first kappa shape index (κ1) is 16.2. The van der Waals surface area contributed by atoms with E-state index in [1.54, 1.807) is 0 Å². The van der Waals surface area contributed by atoms with Crippen LogP contribution in [-0.4, -0.2) is 12.1 Å². The molecule has 0 fully saturated rings. The van der Waals surface area contributed by atoms with E-state index in [1.165, 1.54) is 23.1 Å². The van der Waals surface area contributed by atoms with Crippen LogP contribution < -0.4 is 5.32 Å². The van der Waals surface area contributed by atoms with Gasteiger partial charge in [-0.05, 0) is 69.6 Å². The third kappa shape index (κ3) is 5.36. The quantitative estimate of drug-likeness (QED) is 0.813. The van der Waals surface area contributed by atoms with Crippen LogP contribution in [0.4, 0.5) is 0 Å². The minimum absolute atomic E-state index is 0.194. The molecule has 108 valence electrons. The van der Waals surface area contributed by atoms with Gasteiger partial charge in [-0.2, -0.15) is 0 Å². The lowest BCUT2D eigenvalue weighted by atomic mass is 9.80. The Morgan fingerprint density at radius 1 is 1.00 bits per heavy atom. The fourth-order valence-electron chi connectivity index (χ4n) is 2.20. The first-order valence-electron chi connectivity index (χ1n) is 7.46. The van der Waals surface area contributed by atoms with Crippen molar-refractivity contribution in [2.45, 2.75) is 66.8 Å². The Morgan fingerprint density at radius 2 is 1.63 bits per heavy atom. The summed E-state index contributed by atoms with van der Waals surface area (Å²) in [7, 11) is 0. The van der Waals surface area contributed by atoms with Crippen molar-refractivity contribution in [1.82, 2.24) is 5.32 Å². The van der Waals surface area contributed by atoms with Gasteiger partial charge in [0.15, 0.2) is 0 Å². The maximum absolute atomic E-state index is 3.66. The maximum Gasteiger partial charge on any atom is 0.00967 e. The van der Waals surface area contributed by atoms with Crippen molar-refractivity contribution in [3.63, 3.8) is 0 Å². The predicted octanol–water partition coefficient (Wildman–Crippen LogP) is 4.65. The monoisotopic (exact) mass is 261 g/mol. The lowest BCUT2D eigenvalue weighted by Crippen LogP contribution is -2.43. The minimum atomic E-state index is 0.194. The molecular weight excluding hydrogens is 230 g/mol. The Hall–Kier alpha value is -0.820. The summed E-state index contributed by atoms with van der Waals surface area (Å²) in [6.45, 7) is 16.8. The molecule has 0 radical (unpaired) electrons. The average Bonchev–Trinajstić information content (AvgIpc) is 2.31. The Balaban J connectivity index is 2.76. The lowest BCUT2D eigenvalue weighted by molar-refractivity contribution is 0.255. The third-order valence-corrected chi connectivity index (χ3v) is 4.10. The Kier molecular flexibility index (Phi) is 5.20. The summed E-state index contributed by atoms with van der Waals surface area (Å²) in [6, 6.07) is 6.88. The second-order valence-corrected chi connectivity index (χ2v) is 7.36. The van der Waals surface area contributed by atoms with Gasteiger partial charge in [0, 0.05) is 12.1 Å². The summed E-state index contributed by atoms with van der Waals surface area (Å²) in [5, 5.41) is 3.66. The van der Waals surface area contributed by atoms with Crippen LogP contribution in [0.25, 0.3) is 0 Å². The van der Waals surface area contributed by atoms with Crippen molar-refractivity contribution in [2.75, 3.05) is 6.54 Å². The van der Waals surface area contributed by atoms with Crippen LogP contribution in [0.2, 0.25) is 0 Å². The van der Waals surface area contributed by atoms with Gasteiger partial charge in [0.1, 0.15) is 0 Å². The van der Waals surface area contributed by atoms with Crippen LogP contribution in [0.3, 0.4) is 0 Å². The number of aryl methyl sites for hydroxylation is 2. The van der Waals surface area contributed by atoms with Crippen molar-refractivity contribution in [3.05, 3.63) is 34.9 Å². The van der Waals surface area contributed by atoms with E-state index in [-0.39, 0.29) is 5.54 Å². The normalized spacial score (nSPS) is 15.3. The third-order valence-electron chi connectivity index (χ3n) is 4.10. The van der Waals surface area contributed by atoms with Gasteiger partial charge >= 0.3 is 0 Å². The zero-order valence-electron chi connectivity index (χ0n) is 13.9. The van der Waals surface area contributed by atoms with E-state index >= 15 is 0 Å². The van der Waals surface area contributed by atoms with Gasteiger partial charge in [-0.25, -0.2) is 0 Å². The number of nitrogens with one attached hydrogen (secondary N) is 1. The summed E-state index contributed by atoms with van der Waals surface area (Å²) < 4.78 is 0. The van der Waals surface area contributed by atoms with Crippen LogP contribution in [0.1, 0.15) is 57.7 Å². The molecule has 0 saturated carbocycles. The molecule has 0 aliphatic rings. The molecule has 0 saturated heterocycles. The minimum Gasteiger partial charge on any atom is -0.312 e. The van der Waals surface area contributed by atoms with E-state index in [1.807, 2.05) is 0 Å². The Morgan fingerprint density at radius 3 is 2.11 bits per heavy atom. The Bertz CT molecular complexity index is 414. The standard InChI is InChI=1S/C18H31N/c1-8-18(7,13-19-17(4,5)6)12-16-10-9-14(2)15(3)11-16/h9-11,19H,8,12-13H2,1-7H3. The molecule has 1 aromatic rings. The highest BCUT2D eigenvalue weighted by molar-refractivity contribution is 5.30. The van der Waals surface area contributed by atoms with Gasteiger partial charge in [0.05, 0.1) is 0 Å². The first-order chi connectivity index (χ1) is 8.65. The summed E-state index contributed by atoms with van der Waals surface area (Å²) in [5.41, 5.74) is 4.77. The summed E-state index contributed by atoms with van der Waals surface area (Å²) in [6.07, 6.45) is 2.34. The molecule has 1 N–H and O–H groups in total. The van der Waals surface area contributed by atoms with E-state index in [2.05, 4.69) is 72.0 Å². The molecule has 1 rings (SSSR count). The van der Waals surface area contributed by atoms with Crippen LogP contribution in [-0.2, 0) is 6.42 Å². The molecular formula is C18H31N. The molecule has 1 nitrogen and oxygen atoms in total. The van der Waals surface area contributed by atoms with E-state index in [0.717, 1.165) is 13.0 Å². The summed E-state index contributed by atoms with van der Waals surface area (Å²) in [4.78, 5) is 0. The molecule has 1 atom stereocenters. The number of benzene rings is 1. The van der Waals surface area contributed by atoms with Crippen LogP contribution in [0.15, 0.2) is 18.2 Å². The van der Waals surface area contributed by atoms with Gasteiger partial charge in [0.25, 0.3) is 0 Å².